The van der Waals surface area contributed by atoms with Gasteiger partial charge < -0.3 is 10.2 Å². The number of urea groups is 1. The van der Waals surface area contributed by atoms with Crippen LogP contribution in [0.5, 0.6) is 0 Å². The van der Waals surface area contributed by atoms with Crippen LogP contribution in [0.15, 0.2) is 17.5 Å². The summed E-state index contributed by atoms with van der Waals surface area (Å²) >= 11 is 1.75. The van der Waals surface area contributed by atoms with E-state index in [0.29, 0.717) is 0 Å². The van der Waals surface area contributed by atoms with E-state index in [9.17, 15) is 4.79 Å². The van der Waals surface area contributed by atoms with Gasteiger partial charge in [0, 0.05) is 24.5 Å². The molecular formula is C10H14N2OS. The van der Waals surface area contributed by atoms with Gasteiger partial charge in [-0.25, -0.2) is 4.79 Å². The second-order valence-corrected chi connectivity index (χ2v) is 4.43. The predicted octanol–water partition coefficient (Wildman–Crippen LogP) is 1.71. The fraction of sp³-hybridized carbons (Fsp3) is 0.500. The van der Waals surface area contributed by atoms with Crippen LogP contribution in [0.25, 0.3) is 0 Å². The lowest BCUT2D eigenvalue weighted by molar-refractivity contribution is 0.187. The summed E-state index contributed by atoms with van der Waals surface area (Å²) in [5.74, 6) is 0. The van der Waals surface area contributed by atoms with Crippen molar-refractivity contribution in [3.63, 3.8) is 0 Å². The first kappa shape index (κ1) is 9.52. The maximum Gasteiger partial charge on any atom is 0.317 e. The first-order valence-electron chi connectivity index (χ1n) is 4.91. The van der Waals surface area contributed by atoms with Crippen molar-refractivity contribution in [2.75, 3.05) is 19.6 Å². The van der Waals surface area contributed by atoms with Crippen LogP contribution in [0.4, 0.5) is 4.79 Å². The van der Waals surface area contributed by atoms with Gasteiger partial charge in [0.15, 0.2) is 0 Å². The predicted molar refractivity (Wildman–Crippen MR) is 57.6 cm³/mol. The zero-order chi connectivity index (χ0) is 9.80. The molecule has 1 aliphatic rings. The van der Waals surface area contributed by atoms with Crippen LogP contribution in [-0.2, 0) is 6.42 Å². The normalized spacial score (nSPS) is 16.9. The number of thiophene rings is 1. The van der Waals surface area contributed by atoms with Gasteiger partial charge in [-0.15, -0.1) is 11.3 Å². The Morgan fingerprint density at radius 3 is 3.21 bits per heavy atom. The molecule has 2 rings (SSSR count). The summed E-state index contributed by atoms with van der Waals surface area (Å²) in [6, 6.07) is 4.26. The lowest BCUT2D eigenvalue weighted by Crippen LogP contribution is -2.47. The maximum atomic E-state index is 11.4. The van der Waals surface area contributed by atoms with Gasteiger partial charge in [0.1, 0.15) is 0 Å². The molecule has 76 valence electrons. The molecular weight excluding hydrogens is 196 g/mol. The van der Waals surface area contributed by atoms with Gasteiger partial charge in [0.25, 0.3) is 0 Å². The minimum absolute atomic E-state index is 0.0906. The fourth-order valence-corrected chi connectivity index (χ4v) is 2.29. The molecule has 0 bridgehead atoms. The van der Waals surface area contributed by atoms with E-state index in [0.717, 1.165) is 32.5 Å². The first-order chi connectivity index (χ1) is 6.86. The van der Waals surface area contributed by atoms with Gasteiger partial charge >= 0.3 is 6.03 Å². The molecule has 2 heterocycles. The van der Waals surface area contributed by atoms with Gasteiger partial charge in [-0.2, -0.15) is 0 Å². The number of hydrogen-bond acceptors (Lipinski definition) is 2. The number of nitrogens with zero attached hydrogens (tertiary/aromatic N) is 1. The molecule has 14 heavy (non-hydrogen) atoms. The Labute approximate surface area is 87.7 Å². The number of carbonyl (C=O) groups excluding carboxylic acids is 1. The molecule has 0 saturated carbocycles. The molecule has 1 fully saturated rings. The molecule has 2 amide bonds. The zero-order valence-corrected chi connectivity index (χ0v) is 8.85. The van der Waals surface area contributed by atoms with Gasteiger partial charge in [-0.05, 0) is 24.3 Å². The third kappa shape index (κ3) is 2.26. The van der Waals surface area contributed by atoms with Crippen molar-refractivity contribution in [2.24, 2.45) is 0 Å². The zero-order valence-electron chi connectivity index (χ0n) is 8.03. The molecule has 1 aromatic heterocycles. The summed E-state index contributed by atoms with van der Waals surface area (Å²) in [4.78, 5) is 14.6. The van der Waals surface area contributed by atoms with Crippen LogP contribution >= 0.6 is 11.3 Å². The lowest BCUT2D eigenvalue weighted by atomic mass is 10.3. The van der Waals surface area contributed by atoms with E-state index in [4.69, 9.17) is 0 Å². The van der Waals surface area contributed by atoms with Gasteiger partial charge in [0.2, 0.25) is 0 Å². The number of carbonyl (C=O) groups is 1. The Morgan fingerprint density at radius 1 is 1.57 bits per heavy atom. The van der Waals surface area contributed by atoms with Crippen molar-refractivity contribution < 1.29 is 4.79 Å². The molecule has 1 aromatic rings. The summed E-state index contributed by atoms with van der Waals surface area (Å²) in [5, 5.41) is 4.93. The topological polar surface area (TPSA) is 32.3 Å². The first-order valence-corrected chi connectivity index (χ1v) is 5.79. The largest absolute Gasteiger partial charge is 0.338 e. The van der Waals surface area contributed by atoms with Crippen LogP contribution in [-0.4, -0.2) is 30.6 Å². The van der Waals surface area contributed by atoms with Crippen LogP contribution in [0.1, 0.15) is 11.3 Å². The van der Waals surface area contributed by atoms with Crippen molar-refractivity contribution in [2.45, 2.75) is 12.8 Å². The highest BCUT2D eigenvalue weighted by molar-refractivity contribution is 7.09. The van der Waals surface area contributed by atoms with Crippen LogP contribution < -0.4 is 5.32 Å². The maximum absolute atomic E-state index is 11.4. The highest BCUT2D eigenvalue weighted by Crippen LogP contribution is 2.10. The quantitative estimate of drug-likeness (QED) is 0.809. The molecule has 1 aliphatic heterocycles. The van der Waals surface area contributed by atoms with Crippen LogP contribution in [0.3, 0.4) is 0 Å². The number of nitrogens with one attached hydrogen (secondary N) is 1. The molecule has 0 unspecified atom stereocenters. The third-order valence-corrected chi connectivity index (χ3v) is 3.31. The summed E-state index contributed by atoms with van der Waals surface area (Å²) < 4.78 is 0. The Kier molecular flexibility index (Phi) is 3.03. The Hall–Kier alpha value is -1.03. The lowest BCUT2D eigenvalue weighted by Gasteiger charge is -2.27. The molecule has 1 N–H and O–H groups in total. The minimum Gasteiger partial charge on any atom is -0.338 e. The minimum atomic E-state index is 0.0906. The molecule has 0 radical (unpaired) electrons. The molecule has 0 aromatic carbocycles. The van der Waals surface area contributed by atoms with Gasteiger partial charge in [0.05, 0.1) is 0 Å². The molecule has 0 spiro atoms. The van der Waals surface area contributed by atoms with Crippen molar-refractivity contribution in [1.82, 2.24) is 10.2 Å². The van der Waals surface area contributed by atoms with E-state index in [1.165, 1.54) is 4.88 Å². The number of rotatable bonds is 3. The second kappa shape index (κ2) is 4.46. The van der Waals surface area contributed by atoms with E-state index in [1.54, 1.807) is 11.3 Å². The number of hydrogen-bond donors (Lipinski definition) is 1. The van der Waals surface area contributed by atoms with Gasteiger partial charge in [-0.3, -0.25) is 0 Å². The highest BCUT2D eigenvalue weighted by atomic mass is 32.1. The number of amides is 2. The second-order valence-electron chi connectivity index (χ2n) is 3.40. The molecule has 0 aliphatic carbocycles. The Morgan fingerprint density at radius 2 is 2.50 bits per heavy atom. The smallest absolute Gasteiger partial charge is 0.317 e. The third-order valence-electron chi connectivity index (χ3n) is 2.38. The van der Waals surface area contributed by atoms with E-state index >= 15 is 0 Å². The standard InChI is InChI=1S/C10H14N2OS/c13-10-11-5-2-6-12(10)7-4-9-3-1-8-14-9/h1,3,8H,2,4-7H2,(H,11,13). The molecule has 0 atom stereocenters. The molecule has 1 saturated heterocycles. The molecule has 4 heteroatoms. The van der Waals surface area contributed by atoms with Gasteiger partial charge in [-0.1, -0.05) is 6.07 Å². The average Bonchev–Trinajstić information content (AvgIpc) is 2.69. The van der Waals surface area contributed by atoms with E-state index in [2.05, 4.69) is 22.8 Å². The highest BCUT2D eigenvalue weighted by Gasteiger charge is 2.16. The van der Waals surface area contributed by atoms with Crippen molar-refractivity contribution in [3.05, 3.63) is 22.4 Å². The monoisotopic (exact) mass is 210 g/mol. The SMILES string of the molecule is O=C1NCCCN1CCc1cccs1. The van der Waals surface area contributed by atoms with Crippen LogP contribution in [0, 0.1) is 0 Å². The summed E-state index contributed by atoms with van der Waals surface area (Å²) in [6.45, 7) is 2.57. The van der Waals surface area contributed by atoms with Crippen molar-refractivity contribution in [1.29, 1.82) is 0 Å². The Balaban J connectivity index is 1.82. The van der Waals surface area contributed by atoms with Crippen molar-refractivity contribution >= 4 is 17.4 Å². The molecule has 3 nitrogen and oxygen atoms in total. The fourth-order valence-electron chi connectivity index (χ4n) is 1.59. The van der Waals surface area contributed by atoms with Crippen molar-refractivity contribution in [3.8, 4) is 0 Å². The van der Waals surface area contributed by atoms with E-state index in [1.807, 2.05) is 4.90 Å². The van der Waals surface area contributed by atoms with Crippen LogP contribution in [0.2, 0.25) is 0 Å². The van der Waals surface area contributed by atoms with E-state index < -0.39 is 0 Å². The summed E-state index contributed by atoms with van der Waals surface area (Å²) in [5.41, 5.74) is 0. The van der Waals surface area contributed by atoms with E-state index in [-0.39, 0.29) is 6.03 Å². The average molecular weight is 210 g/mol. The summed E-state index contributed by atoms with van der Waals surface area (Å²) in [6.07, 6.45) is 2.04. The Bertz CT molecular complexity index is 297. The summed E-state index contributed by atoms with van der Waals surface area (Å²) in [7, 11) is 0.